The van der Waals surface area contributed by atoms with Crippen LogP contribution in [0.4, 0.5) is 5.82 Å². The summed E-state index contributed by atoms with van der Waals surface area (Å²) in [7, 11) is 0. The molecule has 0 aromatic carbocycles. The van der Waals surface area contributed by atoms with Gasteiger partial charge in [-0.3, -0.25) is 4.98 Å². The molecular weight excluding hydrogens is 416 g/mol. The molecule has 0 unspecified atom stereocenters. The summed E-state index contributed by atoms with van der Waals surface area (Å²) in [5, 5.41) is 0. The first kappa shape index (κ1) is 20.7. The Labute approximate surface area is 188 Å². The fraction of sp³-hybridized carbons (Fsp3) is 0.652. The third kappa shape index (κ3) is 3.99. The number of anilines is 1. The van der Waals surface area contributed by atoms with Gasteiger partial charge in [-0.05, 0) is 63.5 Å². The van der Waals surface area contributed by atoms with Gasteiger partial charge in [-0.15, -0.1) is 11.3 Å². The molecule has 2 aromatic heterocycles. The summed E-state index contributed by atoms with van der Waals surface area (Å²) < 4.78 is 7.34. The molecule has 7 heteroatoms. The SMILES string of the molecule is Cc1cncc(N2CCC(CN3CC[C@]4(C[C@@H]3C)OCCc3cc(Cl)sc34)CC2)n1. The molecule has 0 amide bonds. The van der Waals surface area contributed by atoms with E-state index in [-0.39, 0.29) is 5.60 Å². The van der Waals surface area contributed by atoms with Crippen LogP contribution < -0.4 is 4.90 Å². The Morgan fingerprint density at radius 1 is 1.27 bits per heavy atom. The number of aromatic nitrogens is 2. The van der Waals surface area contributed by atoms with E-state index < -0.39 is 0 Å². The molecular formula is C23H31ClN4OS. The smallest absolute Gasteiger partial charge is 0.147 e. The summed E-state index contributed by atoms with van der Waals surface area (Å²) in [6.45, 7) is 9.68. The van der Waals surface area contributed by atoms with Crippen molar-refractivity contribution >= 4 is 28.8 Å². The van der Waals surface area contributed by atoms with Crippen molar-refractivity contribution in [3.05, 3.63) is 38.9 Å². The number of hydrogen-bond acceptors (Lipinski definition) is 6. The van der Waals surface area contributed by atoms with Gasteiger partial charge in [0.15, 0.2) is 0 Å². The Kier molecular flexibility index (Phi) is 5.78. The van der Waals surface area contributed by atoms with Gasteiger partial charge in [0.25, 0.3) is 0 Å². The Morgan fingerprint density at radius 3 is 2.87 bits per heavy atom. The van der Waals surface area contributed by atoms with Gasteiger partial charge in [0.2, 0.25) is 0 Å². The van der Waals surface area contributed by atoms with Crippen molar-refractivity contribution in [2.24, 2.45) is 5.92 Å². The topological polar surface area (TPSA) is 41.5 Å². The normalized spacial score (nSPS) is 28.1. The van der Waals surface area contributed by atoms with E-state index in [0.29, 0.717) is 6.04 Å². The molecule has 0 aliphatic carbocycles. The Morgan fingerprint density at radius 2 is 2.10 bits per heavy atom. The van der Waals surface area contributed by atoms with Gasteiger partial charge < -0.3 is 14.5 Å². The average molecular weight is 447 g/mol. The van der Waals surface area contributed by atoms with Crippen LogP contribution in [0.1, 0.15) is 48.7 Å². The van der Waals surface area contributed by atoms with E-state index in [1.54, 1.807) is 11.3 Å². The second-order valence-corrected chi connectivity index (χ2v) is 10.9. The van der Waals surface area contributed by atoms with Crippen LogP contribution in [0.5, 0.6) is 0 Å². The first-order chi connectivity index (χ1) is 14.5. The molecule has 2 fully saturated rings. The first-order valence-corrected chi connectivity index (χ1v) is 12.4. The van der Waals surface area contributed by atoms with Gasteiger partial charge in [-0.25, -0.2) is 4.98 Å². The third-order valence-electron chi connectivity index (χ3n) is 7.17. The number of likely N-dealkylation sites (tertiary alicyclic amines) is 1. The lowest BCUT2D eigenvalue weighted by Gasteiger charge is -2.48. The van der Waals surface area contributed by atoms with Crippen LogP contribution in [-0.2, 0) is 16.8 Å². The lowest BCUT2D eigenvalue weighted by Crippen LogP contribution is -2.52. The maximum absolute atomic E-state index is 6.43. The number of ether oxygens (including phenoxy) is 1. The maximum atomic E-state index is 6.43. The zero-order chi connectivity index (χ0) is 20.7. The number of thiophene rings is 1. The number of rotatable bonds is 3. The highest BCUT2D eigenvalue weighted by molar-refractivity contribution is 7.16. The predicted octanol–water partition coefficient (Wildman–Crippen LogP) is 4.67. The van der Waals surface area contributed by atoms with Crippen molar-refractivity contribution in [3.8, 4) is 0 Å². The number of halogens is 1. The minimum atomic E-state index is -0.103. The molecule has 1 spiro atoms. The second-order valence-electron chi connectivity index (χ2n) is 9.24. The number of aryl methyl sites for hydroxylation is 1. The molecule has 2 atom stereocenters. The van der Waals surface area contributed by atoms with E-state index in [1.165, 1.54) is 29.8 Å². The molecule has 0 saturated carbocycles. The minimum absolute atomic E-state index is 0.103. The van der Waals surface area contributed by atoms with E-state index in [9.17, 15) is 0 Å². The van der Waals surface area contributed by atoms with Crippen LogP contribution in [0.25, 0.3) is 0 Å². The third-order valence-corrected chi connectivity index (χ3v) is 8.66. The molecule has 0 radical (unpaired) electrons. The van der Waals surface area contributed by atoms with E-state index >= 15 is 0 Å². The van der Waals surface area contributed by atoms with Gasteiger partial charge in [0.1, 0.15) is 11.4 Å². The van der Waals surface area contributed by atoms with E-state index in [2.05, 4.69) is 32.8 Å². The zero-order valence-electron chi connectivity index (χ0n) is 17.9. The van der Waals surface area contributed by atoms with Gasteiger partial charge >= 0.3 is 0 Å². The fourth-order valence-electron chi connectivity index (χ4n) is 5.53. The first-order valence-electron chi connectivity index (χ1n) is 11.2. The highest BCUT2D eigenvalue weighted by Gasteiger charge is 2.45. The minimum Gasteiger partial charge on any atom is -0.369 e. The van der Waals surface area contributed by atoms with Gasteiger partial charge in [0.05, 0.1) is 22.8 Å². The number of fused-ring (bicyclic) bond motifs is 2. The van der Waals surface area contributed by atoms with Crippen molar-refractivity contribution in [2.75, 3.05) is 37.7 Å². The summed E-state index contributed by atoms with van der Waals surface area (Å²) in [5.41, 5.74) is 2.31. The molecule has 5 heterocycles. The predicted molar refractivity (Wildman–Crippen MR) is 123 cm³/mol. The molecule has 30 heavy (non-hydrogen) atoms. The molecule has 0 N–H and O–H groups in total. The van der Waals surface area contributed by atoms with Crippen molar-refractivity contribution < 1.29 is 4.74 Å². The van der Waals surface area contributed by atoms with Gasteiger partial charge in [-0.2, -0.15) is 0 Å². The van der Waals surface area contributed by atoms with Crippen molar-refractivity contribution in [3.63, 3.8) is 0 Å². The van der Waals surface area contributed by atoms with Crippen LogP contribution in [0.3, 0.4) is 0 Å². The molecule has 3 aliphatic rings. The number of nitrogens with zero attached hydrogens (tertiary/aromatic N) is 4. The highest BCUT2D eigenvalue weighted by atomic mass is 35.5. The maximum Gasteiger partial charge on any atom is 0.147 e. The fourth-order valence-corrected chi connectivity index (χ4v) is 7.01. The lowest BCUT2D eigenvalue weighted by molar-refractivity contribution is -0.111. The summed E-state index contributed by atoms with van der Waals surface area (Å²) in [4.78, 5) is 15.5. The number of piperidine rings is 2. The van der Waals surface area contributed by atoms with Gasteiger partial charge in [-0.1, -0.05) is 11.6 Å². The Balaban J connectivity index is 1.18. The molecule has 5 rings (SSSR count). The van der Waals surface area contributed by atoms with E-state index in [4.69, 9.17) is 16.3 Å². The monoisotopic (exact) mass is 446 g/mol. The van der Waals surface area contributed by atoms with Crippen LogP contribution in [0, 0.1) is 12.8 Å². The second kappa shape index (κ2) is 8.38. The van der Waals surface area contributed by atoms with Crippen LogP contribution in [0.15, 0.2) is 18.5 Å². The zero-order valence-corrected chi connectivity index (χ0v) is 19.5. The summed E-state index contributed by atoms with van der Waals surface area (Å²) in [5.74, 6) is 1.79. The summed E-state index contributed by atoms with van der Waals surface area (Å²) in [6, 6.07) is 2.70. The molecule has 0 bridgehead atoms. The average Bonchev–Trinajstić information content (AvgIpc) is 3.13. The van der Waals surface area contributed by atoms with Crippen LogP contribution in [-0.4, -0.2) is 53.7 Å². The molecule has 3 aliphatic heterocycles. The molecule has 162 valence electrons. The van der Waals surface area contributed by atoms with Crippen molar-refractivity contribution in [2.45, 2.75) is 57.6 Å². The van der Waals surface area contributed by atoms with E-state index in [1.807, 2.05) is 19.3 Å². The standard InChI is InChI=1S/C23H31ClN4OS/c1-16-13-25-14-21(26-16)27-7-3-18(4-8-27)15-28-9-6-23(12-17(28)2)22-19(5-10-29-23)11-20(24)30-22/h11,13-14,17-18H,3-10,12,15H2,1-2H3/t17-,23+/m0/s1. The van der Waals surface area contributed by atoms with Crippen LogP contribution >= 0.6 is 22.9 Å². The quantitative estimate of drug-likeness (QED) is 0.685. The molecule has 2 aromatic rings. The van der Waals surface area contributed by atoms with Crippen molar-refractivity contribution in [1.82, 2.24) is 14.9 Å². The van der Waals surface area contributed by atoms with Crippen molar-refractivity contribution in [1.29, 1.82) is 0 Å². The Hall–Kier alpha value is -1.21. The number of hydrogen-bond donors (Lipinski definition) is 0. The van der Waals surface area contributed by atoms with Crippen LogP contribution in [0.2, 0.25) is 4.34 Å². The van der Waals surface area contributed by atoms with E-state index in [0.717, 1.165) is 67.3 Å². The highest BCUT2D eigenvalue weighted by Crippen LogP contribution is 2.48. The molecule has 2 saturated heterocycles. The van der Waals surface area contributed by atoms with Gasteiger partial charge in [0, 0.05) is 43.3 Å². The Bertz CT molecular complexity index is 897. The lowest BCUT2D eigenvalue weighted by atomic mass is 9.81. The summed E-state index contributed by atoms with van der Waals surface area (Å²) in [6.07, 6.45) is 9.34. The largest absolute Gasteiger partial charge is 0.369 e. The summed E-state index contributed by atoms with van der Waals surface area (Å²) >= 11 is 8.09. The molecule has 5 nitrogen and oxygen atoms in total.